The van der Waals surface area contributed by atoms with Crippen LogP contribution in [-0.4, -0.2) is 481 Å². The van der Waals surface area contributed by atoms with Gasteiger partial charge in [0.25, 0.3) is 0 Å². The Morgan fingerprint density at radius 3 is 0.730 bits per heavy atom. The summed E-state index contributed by atoms with van der Waals surface area (Å²) in [4.78, 5) is 72.3. The number of esters is 1. The van der Waals surface area contributed by atoms with Gasteiger partial charge in [0.1, 0.15) is 159 Å². The van der Waals surface area contributed by atoms with Gasteiger partial charge in [0.05, 0.1) is 87.0 Å². The SMILES string of the molecule is C=C(O)CCSC[C@H]1O[C@@H]2O[C@H]3[C@@H](O)[C@@H](O)[C@H]4O[C@H]5[C@H](O)[C@@H](O)[C@@H](O[C@H]6[C@@H](O)[C@@H](O)[C@@H](O[C@H]7[C@@H](O)[C@@H](O)[C@@H](O[C@H]8[C@@H](O)[C@@H](O)[C@@H](O[C@H]9[C@@H](O)[C@@H](O)[C@@H](O[C@H]%10[C@@H](O)[C@@H](O)[C@@H](O[C@H]1[C@@H](O)[C@H]2O)O[C@@H]%10CSCCC(=O)O)O[C@@H]9CSCCC(=O)O)O[C@@H]8CSCCC(=O)O)O[C@@H]7CSCCC(=O)O)O[C@@H]6CSCCC(=O)O)O[C@@H]5CSCCC(=O)OC[C@H]3O4. The highest BCUT2D eigenvalue weighted by Crippen LogP contribution is 2.43. The van der Waals surface area contributed by atoms with E-state index in [4.69, 9.17) is 80.5 Å². The molecule has 0 aliphatic carbocycles. The first-order chi connectivity index (χ1) is 58.0. The third-order valence-electron chi connectivity index (χ3n) is 21.1. The first-order valence-electron chi connectivity index (χ1n) is 39.0. The number of ether oxygens (including phenoxy) is 17. The average Bonchev–Trinajstić information content (AvgIpc) is 0.820. The zero-order chi connectivity index (χ0) is 88.7. The summed E-state index contributed by atoms with van der Waals surface area (Å²) < 4.78 is 106. The molecule has 22 N–H and O–H groups in total. The van der Waals surface area contributed by atoms with Crippen LogP contribution in [0.15, 0.2) is 12.3 Å². The van der Waals surface area contributed by atoms with Crippen molar-refractivity contribution in [3.05, 3.63) is 12.3 Å². The van der Waals surface area contributed by atoms with Gasteiger partial charge in [-0.3, -0.25) is 28.8 Å². The van der Waals surface area contributed by atoms with Crippen LogP contribution in [-0.2, 0) is 109 Å². The van der Waals surface area contributed by atoms with Crippen molar-refractivity contribution < 1.29 is 222 Å². The molecule has 18 bridgehead atoms. The predicted octanol–water partition coefficient (Wildman–Crippen LogP) is -7.43. The van der Waals surface area contributed by atoms with Crippen LogP contribution in [0.1, 0.15) is 44.9 Å². The van der Waals surface area contributed by atoms with Crippen LogP contribution in [0.25, 0.3) is 0 Å². The second-order valence-corrected chi connectivity index (χ2v) is 38.0. The predicted molar refractivity (Wildman–Crippen MR) is 419 cm³/mol. The first-order valence-corrected chi connectivity index (χ1v) is 47.1. The van der Waals surface area contributed by atoms with Crippen molar-refractivity contribution in [3.63, 3.8) is 0 Å². The smallest absolute Gasteiger partial charge is 0.306 e. The number of carboxylic acids is 5. The number of carboxylic acid groups (broad SMARTS) is 5. The van der Waals surface area contributed by atoms with E-state index in [0.29, 0.717) is 0 Å². The fraction of sp³-hybridized carbons (Fsp3) is 0.886. The molecular weight excluding hydrogens is 1790 g/mol. The summed E-state index contributed by atoms with van der Waals surface area (Å²) in [5.41, 5.74) is 0. The van der Waals surface area contributed by atoms with E-state index in [9.17, 15) is 141 Å². The van der Waals surface area contributed by atoms with E-state index in [1.165, 1.54) is 0 Å². The largest absolute Gasteiger partial charge is 0.513 e. The highest BCUT2D eigenvalue weighted by Gasteiger charge is 2.61. The van der Waals surface area contributed by atoms with Gasteiger partial charge >= 0.3 is 35.8 Å². The standard InChI is InChI=1S/C70H108O45S7/c1-24(71)2-9-116-17-26-57-40(84)48(92)64(101-26)108-55-25-16-99-38(82)8-15-122-23-32-56(109-63(100-25)47(91)39(55)83)41(85)49(93)70(107-32)115-62-31(22-121-14-7-37(80)81)106-69(54(98)46(62)90)114-61-30(21-120-13-6-36(78)79)105-68(53(97)45(61)89)113-60-29(20-119-12-5-35(76)77)104-67(52(96)44(60)88)112-59-28(19-118-11-4-34(74)75)103-66(51(95)43(59)87)111-58-27(18-117-10-3-33(72)73)102-65(110-57)50(94)42(58)86/h25-32,39-71,83-98H,1-23H2,(H,72,73)(H,74,75)(H,76,77)(H,78,79)(H,80,81)/t25-,26-,27-,28-,29-,30-,31-,32-,39+,40+,41-,42+,43+,44+,45+,46+,47-,48-,49-,50-,51-,52-,53-,54-,55-,56-,57-,58-,59-,60-,61-,62-,63-,64-,65-,66-,67-,68-,69-,70-/m1/s1. The summed E-state index contributed by atoms with van der Waals surface area (Å²) >= 11 is 6.62. The van der Waals surface area contributed by atoms with Crippen LogP contribution >= 0.6 is 82.3 Å². The van der Waals surface area contributed by atoms with Crippen molar-refractivity contribution in [2.24, 2.45) is 0 Å². The Balaban J connectivity index is 1.02. The van der Waals surface area contributed by atoms with Gasteiger partial charge in [0, 0.05) is 87.0 Å². The van der Waals surface area contributed by atoms with E-state index in [2.05, 4.69) is 6.58 Å². The van der Waals surface area contributed by atoms with E-state index in [1.54, 1.807) is 0 Å². The van der Waals surface area contributed by atoms with Crippen LogP contribution in [0.2, 0.25) is 0 Å². The molecule has 28 fully saturated rings. The molecule has 45 nitrogen and oxygen atoms in total. The zero-order valence-electron chi connectivity index (χ0n) is 64.9. The lowest BCUT2D eigenvalue weighted by molar-refractivity contribution is -0.397. The zero-order valence-corrected chi connectivity index (χ0v) is 70.7. The van der Waals surface area contributed by atoms with Crippen LogP contribution in [0, 0.1) is 0 Å². The fourth-order valence-corrected chi connectivity index (χ4v) is 21.5. The molecule has 0 unspecified atom stereocenters. The Labute approximate surface area is 725 Å². The minimum Gasteiger partial charge on any atom is -0.513 e. The van der Waals surface area contributed by atoms with Crippen LogP contribution in [0.3, 0.4) is 0 Å². The summed E-state index contributed by atoms with van der Waals surface area (Å²) in [6, 6.07) is 0. The number of aliphatic hydroxyl groups is 17. The molecule has 40 atom stereocenters. The van der Waals surface area contributed by atoms with Gasteiger partial charge in [-0.1, -0.05) is 6.58 Å². The summed E-state index contributed by atoms with van der Waals surface area (Å²) in [5.74, 6) is -10.1. The number of carbonyl (C=O) groups is 6. The molecule has 0 aromatic rings. The van der Waals surface area contributed by atoms with E-state index < -0.39 is 320 Å². The summed E-state index contributed by atoms with van der Waals surface area (Å²) in [7, 11) is 0. The number of rotatable bonds is 30. The third kappa shape index (κ3) is 26.9. The molecule has 0 aromatic carbocycles. The average molecular weight is 1890 g/mol. The van der Waals surface area contributed by atoms with Crippen LogP contribution in [0.5, 0.6) is 0 Å². The first kappa shape index (κ1) is 102. The molecule has 0 aromatic heterocycles. The Morgan fingerprint density at radius 1 is 0.287 bits per heavy atom. The summed E-state index contributed by atoms with van der Waals surface area (Å²) in [6.45, 7) is 2.69. The molecule has 28 heterocycles. The summed E-state index contributed by atoms with van der Waals surface area (Å²) in [6.07, 6.45) is -82.5. The second-order valence-electron chi connectivity index (χ2n) is 30.0. The monoisotopic (exact) mass is 1890 g/mol. The van der Waals surface area contributed by atoms with E-state index >= 15 is 0 Å². The lowest BCUT2D eigenvalue weighted by atomic mass is 9.95. The van der Waals surface area contributed by atoms with E-state index in [1.807, 2.05) is 0 Å². The number of aliphatic hydroxyl groups excluding tert-OH is 17. The second kappa shape index (κ2) is 48.1. The van der Waals surface area contributed by atoms with Crippen molar-refractivity contribution in [1.82, 2.24) is 0 Å². The topological polar surface area (TPSA) is 704 Å². The lowest BCUT2D eigenvalue weighted by Crippen LogP contribution is -2.69. The highest BCUT2D eigenvalue weighted by atomic mass is 32.2. The Hall–Kier alpha value is -2.47. The molecule has 700 valence electrons. The Bertz CT molecular complexity index is 3240. The molecule has 28 rings (SSSR count). The number of cyclic esters (lactones) is 1. The molecule has 0 radical (unpaired) electrons. The minimum absolute atomic E-state index is 0.00347. The van der Waals surface area contributed by atoms with Crippen molar-refractivity contribution in [2.75, 3.05) is 87.1 Å². The van der Waals surface area contributed by atoms with Gasteiger partial charge < -0.3 is 193 Å². The van der Waals surface area contributed by atoms with E-state index in [0.717, 1.165) is 82.3 Å². The third-order valence-corrected chi connectivity index (χ3v) is 28.5. The quantitative estimate of drug-likeness (QED) is 0.0180. The Kier molecular flexibility index (Phi) is 40.1. The molecule has 0 saturated carbocycles. The number of hydrogen-bond acceptors (Lipinski definition) is 47. The van der Waals surface area contributed by atoms with Crippen LogP contribution in [0.4, 0.5) is 0 Å². The van der Waals surface area contributed by atoms with Gasteiger partial charge in [-0.15, -0.1) is 0 Å². The van der Waals surface area contributed by atoms with Gasteiger partial charge in [-0.2, -0.15) is 82.3 Å². The molecule has 28 saturated heterocycles. The molecular formula is C70H108O45S7. The van der Waals surface area contributed by atoms with Crippen molar-refractivity contribution in [1.29, 1.82) is 0 Å². The molecule has 28 aliphatic heterocycles. The normalized spacial score (nSPS) is 43.8. The summed E-state index contributed by atoms with van der Waals surface area (Å²) in [5, 5.41) is 252. The van der Waals surface area contributed by atoms with Crippen LogP contribution < -0.4 is 0 Å². The molecule has 0 amide bonds. The van der Waals surface area contributed by atoms with Gasteiger partial charge in [0.15, 0.2) is 50.3 Å². The van der Waals surface area contributed by atoms with Crippen molar-refractivity contribution in [2.45, 2.75) is 291 Å². The number of thioether (sulfide) groups is 7. The highest BCUT2D eigenvalue weighted by molar-refractivity contribution is 8.00. The molecule has 28 aliphatic rings. The maximum absolute atomic E-state index is 13.5. The van der Waals surface area contributed by atoms with E-state index in [-0.39, 0.29) is 99.1 Å². The van der Waals surface area contributed by atoms with Crippen molar-refractivity contribution >= 4 is 118 Å². The maximum atomic E-state index is 13.5. The minimum atomic E-state index is -2.29. The molecule has 0 spiro atoms. The number of aliphatic carboxylic acids is 5. The van der Waals surface area contributed by atoms with Gasteiger partial charge in [0.2, 0.25) is 0 Å². The fourth-order valence-electron chi connectivity index (χ4n) is 14.6. The van der Waals surface area contributed by atoms with Gasteiger partial charge in [-0.25, -0.2) is 0 Å². The molecule has 122 heavy (non-hydrogen) atoms. The maximum Gasteiger partial charge on any atom is 0.306 e. The number of allylic oxidation sites excluding steroid dienone is 1. The number of hydrogen-bond donors (Lipinski definition) is 22. The van der Waals surface area contributed by atoms with Gasteiger partial charge in [-0.05, 0) is 0 Å². The lowest BCUT2D eigenvalue weighted by Gasteiger charge is -2.51. The molecule has 52 heteroatoms. The Morgan fingerprint density at radius 2 is 0.492 bits per heavy atom. The number of carbonyl (C=O) groups excluding carboxylic acids is 1. The van der Waals surface area contributed by atoms with Crippen molar-refractivity contribution in [3.8, 4) is 0 Å².